The Bertz CT molecular complexity index is 484. The molecule has 126 valence electrons. The topological polar surface area (TPSA) is 50.8 Å². The maximum atomic E-state index is 12.3. The van der Waals surface area contributed by atoms with Gasteiger partial charge in [-0.25, -0.2) is 0 Å². The Labute approximate surface area is 143 Å². The highest BCUT2D eigenvalue weighted by Crippen LogP contribution is 2.36. The van der Waals surface area contributed by atoms with Gasteiger partial charge in [0.05, 0.1) is 18.7 Å². The second-order valence-electron chi connectivity index (χ2n) is 4.67. The van der Waals surface area contributed by atoms with Crippen LogP contribution in [0.5, 0.6) is 11.5 Å². The predicted octanol–water partition coefficient (Wildman–Crippen LogP) is 2.85. The van der Waals surface area contributed by atoms with E-state index < -0.39 is 0 Å². The monoisotopic (exact) mass is 350 g/mol. The third-order valence-corrected chi connectivity index (χ3v) is 3.25. The van der Waals surface area contributed by atoms with Crippen molar-refractivity contribution in [3.8, 4) is 11.5 Å². The SMILES string of the molecule is CCCOc1c(Cl)cc(C(=O)N(C)CCNC)cc1OC.Cl. The summed E-state index contributed by atoms with van der Waals surface area (Å²) >= 11 is 6.21. The Morgan fingerprint density at radius 1 is 1.41 bits per heavy atom. The van der Waals surface area contributed by atoms with Gasteiger partial charge in [0.1, 0.15) is 0 Å². The van der Waals surface area contributed by atoms with Gasteiger partial charge in [0.15, 0.2) is 11.5 Å². The molecule has 0 saturated carbocycles. The van der Waals surface area contributed by atoms with E-state index in [1.165, 1.54) is 7.11 Å². The summed E-state index contributed by atoms with van der Waals surface area (Å²) in [4.78, 5) is 14.0. The first-order valence-corrected chi connectivity index (χ1v) is 7.33. The highest BCUT2D eigenvalue weighted by Gasteiger charge is 2.18. The second-order valence-corrected chi connectivity index (χ2v) is 5.08. The van der Waals surface area contributed by atoms with E-state index in [2.05, 4.69) is 5.32 Å². The number of methoxy groups -OCH3 is 1. The first-order valence-electron chi connectivity index (χ1n) is 6.95. The minimum atomic E-state index is -0.104. The molecule has 1 aromatic carbocycles. The summed E-state index contributed by atoms with van der Waals surface area (Å²) in [6.45, 7) is 3.90. The number of nitrogens with zero attached hydrogens (tertiary/aromatic N) is 1. The molecule has 1 N–H and O–H groups in total. The summed E-state index contributed by atoms with van der Waals surface area (Å²) in [7, 11) is 5.13. The molecule has 1 aromatic rings. The predicted molar refractivity (Wildman–Crippen MR) is 91.9 cm³/mol. The second kappa shape index (κ2) is 10.5. The number of ether oxygens (including phenoxy) is 2. The van der Waals surface area contributed by atoms with Gasteiger partial charge in [0.2, 0.25) is 0 Å². The molecule has 22 heavy (non-hydrogen) atoms. The number of benzene rings is 1. The molecular weight excluding hydrogens is 327 g/mol. The molecule has 7 heteroatoms. The van der Waals surface area contributed by atoms with Crippen LogP contribution in [0.1, 0.15) is 23.7 Å². The van der Waals surface area contributed by atoms with Crippen LogP contribution in [-0.2, 0) is 0 Å². The van der Waals surface area contributed by atoms with Gasteiger partial charge in [0, 0.05) is 25.7 Å². The lowest BCUT2D eigenvalue weighted by Crippen LogP contribution is -2.32. The van der Waals surface area contributed by atoms with Crippen molar-refractivity contribution < 1.29 is 14.3 Å². The lowest BCUT2D eigenvalue weighted by molar-refractivity contribution is 0.0796. The number of halogens is 2. The number of amides is 1. The molecule has 0 fully saturated rings. The number of carbonyl (C=O) groups is 1. The van der Waals surface area contributed by atoms with Crippen molar-refractivity contribution in [3.63, 3.8) is 0 Å². The molecule has 0 aliphatic rings. The van der Waals surface area contributed by atoms with Crippen LogP contribution in [0.2, 0.25) is 5.02 Å². The van der Waals surface area contributed by atoms with E-state index in [9.17, 15) is 4.79 Å². The lowest BCUT2D eigenvalue weighted by atomic mass is 10.1. The number of nitrogens with one attached hydrogen (secondary N) is 1. The van der Waals surface area contributed by atoms with Crippen molar-refractivity contribution >= 4 is 29.9 Å². The normalized spacial score (nSPS) is 9.86. The average Bonchev–Trinajstić information content (AvgIpc) is 2.49. The fraction of sp³-hybridized carbons (Fsp3) is 0.533. The summed E-state index contributed by atoms with van der Waals surface area (Å²) in [5.41, 5.74) is 0.485. The van der Waals surface area contributed by atoms with Crippen LogP contribution in [0, 0.1) is 0 Å². The van der Waals surface area contributed by atoms with Crippen LogP contribution in [0.3, 0.4) is 0 Å². The van der Waals surface area contributed by atoms with Crippen molar-refractivity contribution in [1.82, 2.24) is 10.2 Å². The first-order chi connectivity index (χ1) is 10.0. The molecule has 0 aliphatic heterocycles. The zero-order valence-corrected chi connectivity index (χ0v) is 15.0. The van der Waals surface area contributed by atoms with Crippen molar-refractivity contribution in [3.05, 3.63) is 22.7 Å². The first kappa shape index (κ1) is 20.8. The van der Waals surface area contributed by atoms with Gasteiger partial charge in [-0.3, -0.25) is 4.79 Å². The van der Waals surface area contributed by atoms with Crippen molar-refractivity contribution in [2.45, 2.75) is 13.3 Å². The molecule has 0 spiro atoms. The van der Waals surface area contributed by atoms with E-state index in [0.717, 1.165) is 13.0 Å². The van der Waals surface area contributed by atoms with Crippen LogP contribution in [0.25, 0.3) is 0 Å². The number of hydrogen-bond donors (Lipinski definition) is 1. The van der Waals surface area contributed by atoms with E-state index in [-0.39, 0.29) is 18.3 Å². The highest BCUT2D eigenvalue weighted by atomic mass is 35.5. The van der Waals surface area contributed by atoms with Crippen LogP contribution < -0.4 is 14.8 Å². The van der Waals surface area contributed by atoms with Crippen LogP contribution in [-0.4, -0.2) is 51.7 Å². The maximum absolute atomic E-state index is 12.3. The van der Waals surface area contributed by atoms with Crippen LogP contribution in [0.15, 0.2) is 12.1 Å². The van der Waals surface area contributed by atoms with Crippen molar-refractivity contribution in [1.29, 1.82) is 0 Å². The molecule has 0 bridgehead atoms. The molecule has 5 nitrogen and oxygen atoms in total. The molecule has 0 heterocycles. The lowest BCUT2D eigenvalue weighted by Gasteiger charge is -2.19. The fourth-order valence-electron chi connectivity index (χ4n) is 1.79. The fourth-order valence-corrected chi connectivity index (χ4v) is 2.05. The Hall–Kier alpha value is -1.17. The molecule has 0 unspecified atom stereocenters. The highest BCUT2D eigenvalue weighted by molar-refractivity contribution is 6.32. The molecular formula is C15H24Cl2N2O3. The molecule has 0 atom stereocenters. The van der Waals surface area contributed by atoms with Gasteiger partial charge in [0.25, 0.3) is 5.91 Å². The number of hydrogen-bond acceptors (Lipinski definition) is 4. The van der Waals surface area contributed by atoms with Gasteiger partial charge in [-0.1, -0.05) is 18.5 Å². The minimum absolute atomic E-state index is 0. The molecule has 0 aliphatic carbocycles. The zero-order valence-electron chi connectivity index (χ0n) is 13.4. The number of likely N-dealkylation sites (N-methyl/N-ethyl adjacent to an activating group) is 2. The third-order valence-electron chi connectivity index (χ3n) is 2.97. The molecule has 0 radical (unpaired) electrons. The number of rotatable bonds is 8. The molecule has 1 amide bonds. The Balaban J connectivity index is 0.00000441. The minimum Gasteiger partial charge on any atom is -0.493 e. The van der Waals surface area contributed by atoms with Gasteiger partial charge in [-0.2, -0.15) is 0 Å². The smallest absolute Gasteiger partial charge is 0.253 e. The summed E-state index contributed by atoms with van der Waals surface area (Å²) in [5.74, 6) is 0.851. The van der Waals surface area contributed by atoms with E-state index in [1.54, 1.807) is 24.1 Å². The summed E-state index contributed by atoms with van der Waals surface area (Å²) in [6.07, 6.45) is 0.868. The summed E-state index contributed by atoms with van der Waals surface area (Å²) < 4.78 is 10.9. The van der Waals surface area contributed by atoms with Gasteiger partial charge >= 0.3 is 0 Å². The Morgan fingerprint density at radius 3 is 2.64 bits per heavy atom. The number of carbonyl (C=O) groups excluding carboxylic acids is 1. The van der Waals surface area contributed by atoms with Gasteiger partial charge in [-0.05, 0) is 25.6 Å². The zero-order chi connectivity index (χ0) is 15.8. The molecule has 0 saturated heterocycles. The van der Waals surface area contributed by atoms with Gasteiger partial charge < -0.3 is 19.7 Å². The van der Waals surface area contributed by atoms with E-state index in [1.807, 2.05) is 14.0 Å². The largest absolute Gasteiger partial charge is 0.493 e. The van der Waals surface area contributed by atoms with Crippen molar-refractivity contribution in [2.75, 3.05) is 40.9 Å². The van der Waals surface area contributed by atoms with Crippen LogP contribution in [0.4, 0.5) is 0 Å². The van der Waals surface area contributed by atoms with E-state index >= 15 is 0 Å². The molecule has 0 aromatic heterocycles. The molecule has 1 rings (SSSR count). The Kier molecular flexibility index (Phi) is 9.98. The summed E-state index contributed by atoms with van der Waals surface area (Å²) in [5, 5.41) is 3.39. The Morgan fingerprint density at radius 2 is 2.09 bits per heavy atom. The van der Waals surface area contributed by atoms with E-state index in [0.29, 0.717) is 35.2 Å². The average molecular weight is 351 g/mol. The maximum Gasteiger partial charge on any atom is 0.253 e. The third kappa shape index (κ3) is 5.55. The quantitative estimate of drug-likeness (QED) is 0.783. The summed E-state index contributed by atoms with van der Waals surface area (Å²) in [6, 6.07) is 3.28. The van der Waals surface area contributed by atoms with Gasteiger partial charge in [-0.15, -0.1) is 12.4 Å². The standard InChI is InChI=1S/C15H23ClN2O3.ClH/c1-5-8-21-14-12(16)9-11(10-13(14)20-4)15(19)18(3)7-6-17-2;/h9-10,17H,5-8H2,1-4H3;1H. The van der Waals surface area contributed by atoms with Crippen molar-refractivity contribution in [2.24, 2.45) is 0 Å². The van der Waals surface area contributed by atoms with E-state index in [4.69, 9.17) is 21.1 Å². The van der Waals surface area contributed by atoms with Crippen LogP contribution >= 0.6 is 24.0 Å².